The third kappa shape index (κ3) is 5.89. The molecule has 1 saturated heterocycles. The van der Waals surface area contributed by atoms with Crippen molar-refractivity contribution in [1.82, 2.24) is 10.2 Å². The number of carbonyl (C=O) groups is 1. The Bertz CT molecular complexity index is 245. The van der Waals surface area contributed by atoms with Gasteiger partial charge in [0.05, 0.1) is 6.61 Å². The van der Waals surface area contributed by atoms with E-state index in [9.17, 15) is 4.79 Å². The minimum atomic E-state index is 0.126. The highest BCUT2D eigenvalue weighted by Gasteiger charge is 2.28. The fourth-order valence-corrected chi connectivity index (χ4v) is 2.78. The third-order valence-electron chi connectivity index (χ3n) is 3.67. The van der Waals surface area contributed by atoms with Crippen molar-refractivity contribution < 1.29 is 15.0 Å². The van der Waals surface area contributed by atoms with Crippen molar-refractivity contribution >= 4 is 5.91 Å². The summed E-state index contributed by atoms with van der Waals surface area (Å²) in [5, 5.41) is 21.1. The van der Waals surface area contributed by atoms with Gasteiger partial charge < -0.3 is 20.4 Å². The van der Waals surface area contributed by atoms with Crippen LogP contribution in [0.25, 0.3) is 0 Å². The van der Waals surface area contributed by atoms with Gasteiger partial charge in [0.25, 0.3) is 0 Å². The molecule has 3 N–H and O–H groups in total. The molecule has 0 bridgehead atoms. The molecule has 0 saturated carbocycles. The van der Waals surface area contributed by atoms with Gasteiger partial charge in [-0.05, 0) is 31.6 Å². The molecule has 2 unspecified atom stereocenters. The molecular formula is C14H28N2O3. The quantitative estimate of drug-likeness (QED) is 0.596. The van der Waals surface area contributed by atoms with Crippen molar-refractivity contribution in [3.05, 3.63) is 0 Å². The van der Waals surface area contributed by atoms with Crippen molar-refractivity contribution in [2.75, 3.05) is 32.8 Å². The summed E-state index contributed by atoms with van der Waals surface area (Å²) in [6.45, 7) is 4.50. The predicted molar refractivity (Wildman–Crippen MR) is 74.8 cm³/mol. The molecule has 1 amide bonds. The Morgan fingerprint density at radius 3 is 2.74 bits per heavy atom. The average Bonchev–Trinajstić information content (AvgIpc) is 2.43. The molecule has 0 aromatic rings. The van der Waals surface area contributed by atoms with Crippen LogP contribution >= 0.6 is 0 Å². The number of aliphatic hydroxyl groups is 2. The first kappa shape index (κ1) is 16.4. The summed E-state index contributed by atoms with van der Waals surface area (Å²) in [5.41, 5.74) is 0. The van der Waals surface area contributed by atoms with E-state index in [0.717, 1.165) is 38.8 Å². The lowest BCUT2D eigenvalue weighted by Crippen LogP contribution is -2.51. The van der Waals surface area contributed by atoms with Crippen LogP contribution in [0.15, 0.2) is 0 Å². The van der Waals surface area contributed by atoms with Crippen LogP contribution in [0.3, 0.4) is 0 Å². The molecule has 1 heterocycles. The molecule has 1 rings (SSSR count). The van der Waals surface area contributed by atoms with Crippen LogP contribution in [-0.4, -0.2) is 59.9 Å². The smallest absolute Gasteiger partial charge is 0.222 e. The molecule has 0 aromatic carbocycles. The summed E-state index contributed by atoms with van der Waals surface area (Å²) in [4.78, 5) is 14.0. The van der Waals surface area contributed by atoms with Crippen LogP contribution < -0.4 is 5.32 Å². The van der Waals surface area contributed by atoms with Crippen LogP contribution in [-0.2, 0) is 4.79 Å². The van der Waals surface area contributed by atoms with Crippen molar-refractivity contribution in [3.8, 4) is 0 Å². The molecule has 5 heteroatoms. The average molecular weight is 272 g/mol. The number of amides is 1. The zero-order valence-electron chi connectivity index (χ0n) is 12.0. The largest absolute Gasteiger partial charge is 0.396 e. The topological polar surface area (TPSA) is 72.8 Å². The summed E-state index contributed by atoms with van der Waals surface area (Å²) < 4.78 is 0. The van der Waals surface area contributed by atoms with Crippen LogP contribution in [0, 0.1) is 5.92 Å². The van der Waals surface area contributed by atoms with Crippen molar-refractivity contribution in [2.45, 2.75) is 45.1 Å². The molecular weight excluding hydrogens is 244 g/mol. The van der Waals surface area contributed by atoms with Crippen LogP contribution in [0.1, 0.15) is 39.0 Å². The van der Waals surface area contributed by atoms with Gasteiger partial charge in [-0.2, -0.15) is 0 Å². The van der Waals surface area contributed by atoms with E-state index >= 15 is 0 Å². The summed E-state index contributed by atoms with van der Waals surface area (Å²) in [6, 6.07) is 0.269. The van der Waals surface area contributed by atoms with Crippen molar-refractivity contribution in [3.63, 3.8) is 0 Å². The van der Waals surface area contributed by atoms with Gasteiger partial charge in [0.2, 0.25) is 5.91 Å². The Morgan fingerprint density at radius 2 is 2.11 bits per heavy atom. The molecule has 2 atom stereocenters. The van der Waals surface area contributed by atoms with Crippen LogP contribution in [0.4, 0.5) is 0 Å². The van der Waals surface area contributed by atoms with E-state index in [4.69, 9.17) is 10.2 Å². The highest BCUT2D eigenvalue weighted by molar-refractivity contribution is 5.76. The van der Waals surface area contributed by atoms with Gasteiger partial charge in [-0.1, -0.05) is 6.92 Å². The predicted octanol–water partition coefficient (Wildman–Crippen LogP) is 0.358. The molecule has 0 aliphatic carbocycles. The fourth-order valence-electron chi connectivity index (χ4n) is 2.78. The summed E-state index contributed by atoms with van der Waals surface area (Å²) >= 11 is 0. The maximum absolute atomic E-state index is 12.0. The van der Waals surface area contributed by atoms with Gasteiger partial charge >= 0.3 is 0 Å². The number of aliphatic hydroxyl groups excluding tert-OH is 2. The van der Waals surface area contributed by atoms with Crippen molar-refractivity contribution in [1.29, 1.82) is 0 Å². The van der Waals surface area contributed by atoms with E-state index in [0.29, 0.717) is 18.9 Å². The second kappa shape index (κ2) is 9.28. The Hall–Kier alpha value is -0.650. The molecule has 1 aliphatic rings. The molecule has 0 spiro atoms. The van der Waals surface area contributed by atoms with Gasteiger partial charge in [-0.3, -0.25) is 4.79 Å². The van der Waals surface area contributed by atoms with E-state index in [1.807, 2.05) is 11.8 Å². The Labute approximate surface area is 116 Å². The van der Waals surface area contributed by atoms with Gasteiger partial charge in [0, 0.05) is 38.7 Å². The zero-order chi connectivity index (χ0) is 14.1. The van der Waals surface area contributed by atoms with Crippen molar-refractivity contribution in [2.24, 2.45) is 5.92 Å². The number of nitrogens with one attached hydrogen (secondary N) is 1. The first-order valence-electron chi connectivity index (χ1n) is 7.44. The van der Waals surface area contributed by atoms with Gasteiger partial charge in [0.15, 0.2) is 0 Å². The highest BCUT2D eigenvalue weighted by atomic mass is 16.3. The summed E-state index contributed by atoms with van der Waals surface area (Å²) in [6.07, 6.45) is 4.28. The molecule has 0 aromatic heterocycles. The number of carbonyl (C=O) groups excluding carboxylic acids is 1. The van der Waals surface area contributed by atoms with E-state index in [-0.39, 0.29) is 25.2 Å². The van der Waals surface area contributed by atoms with E-state index < -0.39 is 0 Å². The van der Waals surface area contributed by atoms with Gasteiger partial charge in [-0.25, -0.2) is 0 Å². The molecule has 112 valence electrons. The maximum Gasteiger partial charge on any atom is 0.222 e. The lowest BCUT2D eigenvalue weighted by molar-refractivity contribution is -0.133. The lowest BCUT2D eigenvalue weighted by atomic mass is 9.90. The number of likely N-dealkylation sites (tertiary alicyclic amines) is 1. The van der Waals surface area contributed by atoms with Gasteiger partial charge in [0.1, 0.15) is 0 Å². The second-order valence-corrected chi connectivity index (χ2v) is 5.39. The number of hydrogen-bond acceptors (Lipinski definition) is 4. The van der Waals surface area contributed by atoms with Crippen LogP contribution in [0.2, 0.25) is 0 Å². The minimum Gasteiger partial charge on any atom is -0.396 e. The number of rotatable bonds is 8. The molecule has 1 fully saturated rings. The number of hydrogen-bond donors (Lipinski definition) is 3. The summed E-state index contributed by atoms with van der Waals surface area (Å²) in [5.74, 6) is 0.685. The first-order valence-corrected chi connectivity index (χ1v) is 7.44. The zero-order valence-corrected chi connectivity index (χ0v) is 12.0. The SMILES string of the molecule is CCCC(=O)N1CC(CCCO)CC(NCCO)C1. The molecule has 1 aliphatic heterocycles. The normalized spacial score (nSPS) is 23.6. The monoisotopic (exact) mass is 272 g/mol. The standard InChI is InChI=1S/C14H28N2O3/c1-2-4-14(19)16-10-12(5-3-7-17)9-13(11-16)15-6-8-18/h12-13,15,17-18H,2-11H2,1H3. The lowest BCUT2D eigenvalue weighted by Gasteiger charge is -2.38. The van der Waals surface area contributed by atoms with E-state index in [2.05, 4.69) is 5.32 Å². The fraction of sp³-hybridized carbons (Fsp3) is 0.929. The minimum absolute atomic E-state index is 0.126. The molecule has 19 heavy (non-hydrogen) atoms. The Kier molecular flexibility index (Phi) is 8.02. The highest BCUT2D eigenvalue weighted by Crippen LogP contribution is 2.22. The number of piperidine rings is 1. The number of nitrogens with zero attached hydrogens (tertiary/aromatic N) is 1. The summed E-state index contributed by atoms with van der Waals surface area (Å²) in [7, 11) is 0. The van der Waals surface area contributed by atoms with E-state index in [1.165, 1.54) is 0 Å². The Balaban J connectivity index is 2.52. The Morgan fingerprint density at radius 1 is 1.32 bits per heavy atom. The van der Waals surface area contributed by atoms with E-state index in [1.54, 1.807) is 0 Å². The third-order valence-corrected chi connectivity index (χ3v) is 3.67. The van der Waals surface area contributed by atoms with Gasteiger partial charge in [-0.15, -0.1) is 0 Å². The second-order valence-electron chi connectivity index (χ2n) is 5.39. The molecule has 5 nitrogen and oxygen atoms in total. The maximum atomic E-state index is 12.0. The molecule has 0 radical (unpaired) electrons. The first-order chi connectivity index (χ1) is 9.21. The van der Waals surface area contributed by atoms with Crippen LogP contribution in [0.5, 0.6) is 0 Å².